The molecule has 0 spiro atoms. The minimum absolute atomic E-state index is 0.120. The van der Waals surface area contributed by atoms with Gasteiger partial charge in [0.25, 0.3) is 0 Å². The third-order valence-electron chi connectivity index (χ3n) is 2.99. The molecular formula is C13H18N2O3S. The zero-order valence-corrected chi connectivity index (χ0v) is 11.7. The highest BCUT2D eigenvalue weighted by Gasteiger charge is 2.10. The zero-order valence-electron chi connectivity index (χ0n) is 10.9. The number of aromatic nitrogens is 2. The average molecular weight is 282 g/mol. The first-order valence-corrected chi connectivity index (χ1v) is 8.27. The molecule has 1 N–H and O–H groups in total. The summed E-state index contributed by atoms with van der Waals surface area (Å²) >= 11 is 0. The van der Waals surface area contributed by atoms with E-state index in [1.807, 2.05) is 28.8 Å². The van der Waals surface area contributed by atoms with Crippen molar-refractivity contribution in [1.29, 1.82) is 0 Å². The summed E-state index contributed by atoms with van der Waals surface area (Å²) in [7, 11) is -2.95. The summed E-state index contributed by atoms with van der Waals surface area (Å²) in [5, 5.41) is 9.93. The monoisotopic (exact) mass is 282 g/mol. The van der Waals surface area contributed by atoms with Gasteiger partial charge in [-0.1, -0.05) is 12.1 Å². The van der Waals surface area contributed by atoms with E-state index < -0.39 is 15.9 Å². The zero-order chi connectivity index (χ0) is 13.9. The molecule has 5 nitrogen and oxygen atoms in total. The molecule has 1 unspecified atom stereocenters. The van der Waals surface area contributed by atoms with Crippen molar-refractivity contribution < 1.29 is 13.5 Å². The van der Waals surface area contributed by atoms with Gasteiger partial charge in [0.15, 0.2) is 0 Å². The number of sulfone groups is 1. The Hall–Kier alpha value is -1.40. The Bertz CT molecular complexity index is 649. The Kier molecular flexibility index (Phi) is 4.21. The molecule has 19 heavy (non-hydrogen) atoms. The average Bonchev–Trinajstić information content (AvgIpc) is 2.71. The molecule has 0 bridgehead atoms. The lowest BCUT2D eigenvalue weighted by atomic mass is 10.2. The molecule has 0 saturated carbocycles. The van der Waals surface area contributed by atoms with Crippen molar-refractivity contribution in [2.45, 2.75) is 25.5 Å². The fourth-order valence-corrected chi connectivity index (χ4v) is 2.75. The van der Waals surface area contributed by atoms with Crippen molar-refractivity contribution in [2.75, 3.05) is 12.0 Å². The van der Waals surface area contributed by atoms with Crippen molar-refractivity contribution in [2.24, 2.45) is 0 Å². The number of imidazole rings is 1. The van der Waals surface area contributed by atoms with E-state index in [0.29, 0.717) is 19.4 Å². The van der Waals surface area contributed by atoms with Gasteiger partial charge in [-0.2, -0.15) is 0 Å². The van der Waals surface area contributed by atoms with E-state index in [4.69, 9.17) is 0 Å². The van der Waals surface area contributed by atoms with Gasteiger partial charge in [0.2, 0.25) is 0 Å². The van der Waals surface area contributed by atoms with Crippen LogP contribution in [-0.2, 0) is 16.4 Å². The first-order valence-electron chi connectivity index (χ1n) is 6.21. The van der Waals surface area contributed by atoms with Crippen LogP contribution in [-0.4, -0.2) is 41.2 Å². The van der Waals surface area contributed by atoms with Gasteiger partial charge in [-0.3, -0.25) is 0 Å². The highest BCUT2D eigenvalue weighted by atomic mass is 32.2. The summed E-state index contributed by atoms with van der Waals surface area (Å²) in [6.07, 6.45) is 3.30. The van der Waals surface area contributed by atoms with Gasteiger partial charge < -0.3 is 9.67 Å². The highest BCUT2D eigenvalue weighted by molar-refractivity contribution is 7.90. The van der Waals surface area contributed by atoms with Crippen LogP contribution in [0.5, 0.6) is 0 Å². The van der Waals surface area contributed by atoms with Crippen LogP contribution in [0.1, 0.15) is 12.8 Å². The van der Waals surface area contributed by atoms with Gasteiger partial charge in [-0.25, -0.2) is 13.4 Å². The summed E-state index contributed by atoms with van der Waals surface area (Å²) in [6, 6.07) is 7.71. The molecule has 0 aliphatic rings. The number of para-hydroxylation sites is 2. The number of fused-ring (bicyclic) bond motifs is 1. The molecule has 0 aliphatic heterocycles. The third-order valence-corrected chi connectivity index (χ3v) is 4.02. The van der Waals surface area contributed by atoms with Gasteiger partial charge in [0.05, 0.1) is 30.0 Å². The summed E-state index contributed by atoms with van der Waals surface area (Å²) in [5.41, 5.74) is 1.87. The second kappa shape index (κ2) is 5.71. The van der Waals surface area contributed by atoms with Crippen molar-refractivity contribution in [1.82, 2.24) is 9.55 Å². The van der Waals surface area contributed by atoms with E-state index in [-0.39, 0.29) is 5.75 Å². The number of nitrogens with zero attached hydrogens (tertiary/aromatic N) is 2. The molecule has 104 valence electrons. The molecule has 0 fully saturated rings. The van der Waals surface area contributed by atoms with Crippen LogP contribution in [0, 0.1) is 0 Å². The van der Waals surface area contributed by atoms with E-state index in [9.17, 15) is 13.5 Å². The van der Waals surface area contributed by atoms with Crippen LogP contribution in [0.25, 0.3) is 11.0 Å². The fourth-order valence-electron chi connectivity index (χ4n) is 2.06. The quantitative estimate of drug-likeness (QED) is 0.864. The molecule has 2 aromatic rings. The normalized spacial score (nSPS) is 13.8. The minimum atomic E-state index is -2.95. The largest absolute Gasteiger partial charge is 0.391 e. The molecule has 0 amide bonds. The summed E-state index contributed by atoms with van der Waals surface area (Å²) < 4.78 is 23.9. The SMILES string of the molecule is CS(=O)(=O)CCCC(O)Cn1cnc2ccccc21. The van der Waals surface area contributed by atoms with E-state index in [0.717, 1.165) is 11.0 Å². The Morgan fingerprint density at radius 2 is 2.11 bits per heavy atom. The Balaban J connectivity index is 1.94. The van der Waals surface area contributed by atoms with Gasteiger partial charge in [-0.05, 0) is 25.0 Å². The van der Waals surface area contributed by atoms with Gasteiger partial charge >= 0.3 is 0 Å². The van der Waals surface area contributed by atoms with Crippen LogP contribution >= 0.6 is 0 Å². The predicted octanol–water partition coefficient (Wildman–Crippen LogP) is 1.22. The lowest BCUT2D eigenvalue weighted by Gasteiger charge is -2.11. The van der Waals surface area contributed by atoms with E-state index in [2.05, 4.69) is 4.98 Å². The van der Waals surface area contributed by atoms with Crippen LogP contribution in [0.3, 0.4) is 0 Å². The lowest BCUT2D eigenvalue weighted by Crippen LogP contribution is -2.16. The lowest BCUT2D eigenvalue weighted by molar-refractivity contribution is 0.145. The van der Waals surface area contributed by atoms with E-state index in [1.165, 1.54) is 6.26 Å². The van der Waals surface area contributed by atoms with Crippen molar-refractivity contribution in [3.05, 3.63) is 30.6 Å². The van der Waals surface area contributed by atoms with E-state index in [1.54, 1.807) is 6.33 Å². The first kappa shape index (κ1) is 14.0. The van der Waals surface area contributed by atoms with Gasteiger partial charge in [0, 0.05) is 12.0 Å². The second-order valence-corrected chi connectivity index (χ2v) is 7.07. The molecule has 1 aromatic carbocycles. The standard InChI is InChI=1S/C13H18N2O3S/c1-19(17,18)8-4-5-11(16)9-15-10-14-12-6-2-3-7-13(12)15/h2-3,6-7,10-11,16H,4-5,8-9H2,1H3. The predicted molar refractivity (Wildman–Crippen MR) is 74.7 cm³/mol. The molecule has 1 heterocycles. The van der Waals surface area contributed by atoms with E-state index >= 15 is 0 Å². The maximum Gasteiger partial charge on any atom is 0.147 e. The fraction of sp³-hybridized carbons (Fsp3) is 0.462. The Labute approximate surface area is 112 Å². The van der Waals surface area contributed by atoms with Crippen molar-refractivity contribution in [3.8, 4) is 0 Å². The summed E-state index contributed by atoms with van der Waals surface area (Å²) in [5.74, 6) is 0.120. The molecule has 6 heteroatoms. The summed E-state index contributed by atoms with van der Waals surface area (Å²) in [6.45, 7) is 0.435. The van der Waals surface area contributed by atoms with Crippen LogP contribution in [0.15, 0.2) is 30.6 Å². The number of benzene rings is 1. The number of aliphatic hydroxyl groups excluding tert-OH is 1. The smallest absolute Gasteiger partial charge is 0.147 e. The summed E-state index contributed by atoms with van der Waals surface area (Å²) in [4.78, 5) is 4.25. The Morgan fingerprint density at radius 3 is 2.84 bits per heavy atom. The van der Waals surface area contributed by atoms with Crippen LogP contribution in [0.2, 0.25) is 0 Å². The molecule has 0 aliphatic carbocycles. The maximum atomic E-state index is 11.0. The topological polar surface area (TPSA) is 72.2 Å². The second-order valence-electron chi connectivity index (χ2n) is 4.81. The number of rotatable bonds is 6. The molecule has 0 radical (unpaired) electrons. The maximum absolute atomic E-state index is 11.0. The van der Waals surface area contributed by atoms with Crippen LogP contribution in [0.4, 0.5) is 0 Å². The van der Waals surface area contributed by atoms with Crippen molar-refractivity contribution in [3.63, 3.8) is 0 Å². The first-order chi connectivity index (χ1) is 8.96. The van der Waals surface area contributed by atoms with Crippen LogP contribution < -0.4 is 0 Å². The minimum Gasteiger partial charge on any atom is -0.391 e. The molecule has 0 saturated heterocycles. The van der Waals surface area contributed by atoms with Gasteiger partial charge in [0.1, 0.15) is 9.84 Å². The number of hydrogen-bond donors (Lipinski definition) is 1. The molecular weight excluding hydrogens is 264 g/mol. The number of hydrogen-bond acceptors (Lipinski definition) is 4. The molecule has 2 rings (SSSR count). The highest BCUT2D eigenvalue weighted by Crippen LogP contribution is 2.13. The van der Waals surface area contributed by atoms with Gasteiger partial charge in [-0.15, -0.1) is 0 Å². The van der Waals surface area contributed by atoms with Crippen molar-refractivity contribution >= 4 is 20.9 Å². The Morgan fingerprint density at radius 1 is 1.37 bits per heavy atom. The third kappa shape index (κ3) is 4.04. The number of aliphatic hydroxyl groups is 1. The molecule has 1 aromatic heterocycles. The molecule has 1 atom stereocenters.